The number of nitrogens with one attached hydrogen (secondary N) is 3. The molecule has 2 amide bonds. The van der Waals surface area contributed by atoms with Crippen LogP contribution in [-0.4, -0.2) is 29.9 Å². The summed E-state index contributed by atoms with van der Waals surface area (Å²) in [5.41, 5.74) is 13.7. The topological polar surface area (TPSA) is 96.2 Å². The van der Waals surface area contributed by atoms with Crippen molar-refractivity contribution in [2.75, 3.05) is 0 Å². The Labute approximate surface area is 118 Å². The lowest BCUT2D eigenvalue weighted by Gasteiger charge is -2.21. The van der Waals surface area contributed by atoms with Crippen molar-refractivity contribution < 1.29 is 9.59 Å². The average molecular weight is 276 g/mol. The Morgan fingerprint density at radius 2 is 1.95 bits per heavy atom. The van der Waals surface area contributed by atoms with Crippen molar-refractivity contribution in [1.82, 2.24) is 16.2 Å². The van der Waals surface area contributed by atoms with Crippen molar-refractivity contribution in [2.45, 2.75) is 38.9 Å². The zero-order valence-electron chi connectivity index (χ0n) is 11.9. The molecule has 6 heteroatoms. The number of hydrogen-bond donors (Lipinski definition) is 4. The molecule has 3 unspecified atom stereocenters. The first-order valence-electron chi connectivity index (χ1n) is 6.59. The Morgan fingerprint density at radius 1 is 1.25 bits per heavy atom. The van der Waals surface area contributed by atoms with E-state index in [1.165, 1.54) is 0 Å². The van der Waals surface area contributed by atoms with Crippen molar-refractivity contribution in [3.8, 4) is 0 Å². The monoisotopic (exact) mass is 276 g/mol. The maximum absolute atomic E-state index is 12.4. The van der Waals surface area contributed by atoms with Gasteiger partial charge in [-0.1, -0.05) is 12.1 Å². The third kappa shape index (κ3) is 2.66. The molecule has 6 nitrogen and oxygen atoms in total. The van der Waals surface area contributed by atoms with Crippen LogP contribution in [0.2, 0.25) is 0 Å². The van der Waals surface area contributed by atoms with Crippen LogP contribution in [0.15, 0.2) is 18.2 Å². The van der Waals surface area contributed by atoms with E-state index < -0.39 is 11.9 Å². The maximum Gasteiger partial charge on any atom is 0.251 e. The number of amides is 2. The van der Waals surface area contributed by atoms with Gasteiger partial charge in [0.1, 0.15) is 6.04 Å². The molecule has 5 N–H and O–H groups in total. The standard InChI is InChI=1S/C14H20N4O2/c1-7-5-4-6-10(8(7)2)14(20)16-11-9(3)17-18-12(11)13(15)19/h4-6,9,11-12,17-18H,1-3H3,(H2,15,19)(H,16,20). The summed E-state index contributed by atoms with van der Waals surface area (Å²) in [7, 11) is 0. The minimum Gasteiger partial charge on any atom is -0.368 e. The highest BCUT2D eigenvalue weighted by atomic mass is 16.2. The lowest BCUT2D eigenvalue weighted by molar-refractivity contribution is -0.120. The minimum absolute atomic E-state index is 0.0819. The summed E-state index contributed by atoms with van der Waals surface area (Å²) in [5, 5.41) is 2.88. The SMILES string of the molecule is Cc1cccc(C(=O)NC2C(C)NNC2C(N)=O)c1C. The fourth-order valence-electron chi connectivity index (χ4n) is 2.37. The molecule has 0 aliphatic carbocycles. The fraction of sp³-hybridized carbons (Fsp3) is 0.429. The minimum atomic E-state index is -0.612. The Morgan fingerprint density at radius 3 is 2.60 bits per heavy atom. The van der Waals surface area contributed by atoms with E-state index in [4.69, 9.17) is 5.73 Å². The smallest absolute Gasteiger partial charge is 0.251 e. The largest absolute Gasteiger partial charge is 0.368 e. The van der Waals surface area contributed by atoms with E-state index in [2.05, 4.69) is 16.2 Å². The molecule has 1 fully saturated rings. The molecule has 0 bridgehead atoms. The van der Waals surface area contributed by atoms with Crippen LogP contribution < -0.4 is 21.9 Å². The van der Waals surface area contributed by atoms with Crippen molar-refractivity contribution in [3.63, 3.8) is 0 Å². The second kappa shape index (κ2) is 5.60. The number of rotatable bonds is 3. The quantitative estimate of drug-likeness (QED) is 0.612. The summed E-state index contributed by atoms with van der Waals surface area (Å²) >= 11 is 0. The second-order valence-corrected chi connectivity index (χ2v) is 5.20. The highest BCUT2D eigenvalue weighted by Gasteiger charge is 2.37. The molecule has 1 saturated heterocycles. The highest BCUT2D eigenvalue weighted by Crippen LogP contribution is 2.14. The summed E-state index contributed by atoms with van der Waals surface area (Å²) in [5.74, 6) is -0.687. The molecule has 20 heavy (non-hydrogen) atoms. The van der Waals surface area contributed by atoms with Crippen LogP contribution in [0.25, 0.3) is 0 Å². The Balaban J connectivity index is 2.18. The van der Waals surface area contributed by atoms with E-state index in [0.717, 1.165) is 11.1 Å². The Kier molecular flexibility index (Phi) is 4.06. The van der Waals surface area contributed by atoms with Gasteiger partial charge in [0.25, 0.3) is 5.91 Å². The van der Waals surface area contributed by atoms with E-state index in [1.807, 2.05) is 32.9 Å². The number of hydrazine groups is 1. The Bertz CT molecular complexity index is 544. The molecule has 108 valence electrons. The molecule has 0 spiro atoms. The third-order valence-corrected chi connectivity index (χ3v) is 3.82. The van der Waals surface area contributed by atoms with E-state index in [-0.39, 0.29) is 18.0 Å². The number of nitrogens with two attached hydrogens (primary N) is 1. The van der Waals surface area contributed by atoms with Gasteiger partial charge in [-0.15, -0.1) is 0 Å². The molecule has 1 aromatic rings. The summed E-state index contributed by atoms with van der Waals surface area (Å²) in [4.78, 5) is 23.7. The first-order chi connectivity index (χ1) is 9.41. The number of hydrogen-bond acceptors (Lipinski definition) is 4. The maximum atomic E-state index is 12.4. The van der Waals surface area contributed by atoms with Gasteiger partial charge >= 0.3 is 0 Å². The average Bonchev–Trinajstić information content (AvgIpc) is 2.74. The zero-order valence-corrected chi connectivity index (χ0v) is 11.9. The first kappa shape index (κ1) is 14.5. The predicted molar refractivity (Wildman–Crippen MR) is 75.9 cm³/mol. The van der Waals surface area contributed by atoms with Gasteiger partial charge in [-0.25, -0.2) is 5.43 Å². The van der Waals surface area contributed by atoms with Crippen molar-refractivity contribution >= 4 is 11.8 Å². The number of carbonyl (C=O) groups is 2. The molecule has 0 radical (unpaired) electrons. The van der Waals surface area contributed by atoms with Crippen LogP contribution in [0, 0.1) is 13.8 Å². The van der Waals surface area contributed by atoms with E-state index in [0.29, 0.717) is 5.56 Å². The van der Waals surface area contributed by atoms with Gasteiger partial charge < -0.3 is 11.1 Å². The molecule has 1 heterocycles. The summed E-state index contributed by atoms with van der Waals surface area (Å²) in [6, 6.07) is 4.51. The molecule has 2 rings (SSSR count). The molecule has 0 aromatic heterocycles. The normalized spacial score (nSPS) is 25.4. The van der Waals surface area contributed by atoms with Gasteiger partial charge in [0.2, 0.25) is 5.91 Å². The number of benzene rings is 1. The fourth-order valence-corrected chi connectivity index (χ4v) is 2.37. The first-order valence-corrected chi connectivity index (χ1v) is 6.59. The van der Waals surface area contributed by atoms with Gasteiger partial charge in [0.05, 0.1) is 6.04 Å². The van der Waals surface area contributed by atoms with Crippen LogP contribution in [0.5, 0.6) is 0 Å². The van der Waals surface area contributed by atoms with E-state index in [1.54, 1.807) is 6.07 Å². The van der Waals surface area contributed by atoms with Crippen LogP contribution in [-0.2, 0) is 4.79 Å². The van der Waals surface area contributed by atoms with Crippen molar-refractivity contribution in [2.24, 2.45) is 5.73 Å². The summed E-state index contributed by atoms with van der Waals surface area (Å²) < 4.78 is 0. The zero-order chi connectivity index (χ0) is 14.9. The van der Waals surface area contributed by atoms with Crippen LogP contribution in [0.4, 0.5) is 0 Å². The molecule has 1 aromatic carbocycles. The van der Waals surface area contributed by atoms with Gasteiger partial charge in [-0.3, -0.25) is 15.0 Å². The van der Waals surface area contributed by atoms with Crippen molar-refractivity contribution in [1.29, 1.82) is 0 Å². The molecular formula is C14H20N4O2. The lowest BCUT2D eigenvalue weighted by atomic mass is 10.0. The van der Waals surface area contributed by atoms with Crippen LogP contribution in [0.3, 0.4) is 0 Å². The second-order valence-electron chi connectivity index (χ2n) is 5.20. The van der Waals surface area contributed by atoms with Gasteiger partial charge in [-0.05, 0) is 38.0 Å². The number of primary amides is 1. The molecule has 0 saturated carbocycles. The van der Waals surface area contributed by atoms with Crippen LogP contribution >= 0.6 is 0 Å². The number of aryl methyl sites for hydroxylation is 1. The summed E-state index contributed by atoms with van der Waals surface area (Å²) in [6.07, 6.45) is 0. The van der Waals surface area contributed by atoms with Gasteiger partial charge in [0, 0.05) is 11.6 Å². The van der Waals surface area contributed by atoms with Gasteiger partial charge in [-0.2, -0.15) is 0 Å². The highest BCUT2D eigenvalue weighted by molar-refractivity contribution is 5.96. The molecule has 1 aliphatic heterocycles. The predicted octanol–water partition coefficient (Wildman–Crippen LogP) is -0.248. The summed E-state index contributed by atoms with van der Waals surface area (Å²) in [6.45, 7) is 5.74. The molecule has 3 atom stereocenters. The number of carbonyl (C=O) groups excluding carboxylic acids is 2. The molecular weight excluding hydrogens is 256 g/mol. The third-order valence-electron chi connectivity index (χ3n) is 3.82. The van der Waals surface area contributed by atoms with Gasteiger partial charge in [0.15, 0.2) is 0 Å². The molecule has 1 aliphatic rings. The lowest BCUT2D eigenvalue weighted by Crippen LogP contribution is -2.53. The van der Waals surface area contributed by atoms with E-state index in [9.17, 15) is 9.59 Å². The van der Waals surface area contributed by atoms with Crippen molar-refractivity contribution in [3.05, 3.63) is 34.9 Å². The van der Waals surface area contributed by atoms with E-state index >= 15 is 0 Å². The Hall–Kier alpha value is -1.92. The van der Waals surface area contributed by atoms with Crippen LogP contribution in [0.1, 0.15) is 28.4 Å².